The molecule has 2 N–H and O–H groups in total. The number of rotatable bonds is 2. The second kappa shape index (κ2) is 4.88. The standard InChI is InChI=1S/C17H17N3O/c18-16-10-13(11-5-1-2-6-11)19-17(20-16)15-9-12-7-3-4-8-14(12)21-15/h3-4,7-11H,1-2,5-6H2,(H2,18,19,20). The van der Waals surface area contributed by atoms with Gasteiger partial charge < -0.3 is 10.2 Å². The lowest BCUT2D eigenvalue weighted by Gasteiger charge is -2.09. The number of hydrogen-bond acceptors (Lipinski definition) is 4. The minimum Gasteiger partial charge on any atom is -0.453 e. The summed E-state index contributed by atoms with van der Waals surface area (Å²) in [5, 5.41) is 1.06. The fourth-order valence-corrected chi connectivity index (χ4v) is 3.12. The zero-order valence-corrected chi connectivity index (χ0v) is 11.7. The van der Waals surface area contributed by atoms with Crippen molar-refractivity contribution < 1.29 is 4.42 Å². The van der Waals surface area contributed by atoms with E-state index in [0.29, 0.717) is 23.3 Å². The van der Waals surface area contributed by atoms with Crippen LogP contribution < -0.4 is 5.73 Å². The highest BCUT2D eigenvalue weighted by molar-refractivity contribution is 5.81. The van der Waals surface area contributed by atoms with Crippen LogP contribution in [-0.2, 0) is 0 Å². The number of para-hydroxylation sites is 1. The van der Waals surface area contributed by atoms with Gasteiger partial charge in [-0.25, -0.2) is 9.97 Å². The molecule has 0 radical (unpaired) electrons. The average Bonchev–Trinajstić information content (AvgIpc) is 3.16. The molecule has 0 bridgehead atoms. The van der Waals surface area contributed by atoms with Crippen LogP contribution in [0.2, 0.25) is 0 Å². The van der Waals surface area contributed by atoms with E-state index in [-0.39, 0.29) is 0 Å². The van der Waals surface area contributed by atoms with Gasteiger partial charge in [0.05, 0.1) is 0 Å². The Labute approximate surface area is 123 Å². The van der Waals surface area contributed by atoms with Crippen molar-refractivity contribution in [2.24, 2.45) is 0 Å². The van der Waals surface area contributed by atoms with Crippen LogP contribution >= 0.6 is 0 Å². The van der Waals surface area contributed by atoms with Crippen molar-refractivity contribution in [3.8, 4) is 11.6 Å². The highest BCUT2D eigenvalue weighted by atomic mass is 16.3. The van der Waals surface area contributed by atoms with Gasteiger partial charge in [0.25, 0.3) is 0 Å². The Bertz CT molecular complexity index is 755. The number of benzene rings is 1. The molecule has 4 heteroatoms. The van der Waals surface area contributed by atoms with E-state index in [4.69, 9.17) is 15.1 Å². The SMILES string of the molecule is Nc1cc(C2CCCC2)nc(-c2cc3ccccc3o2)n1. The Kier molecular flexibility index (Phi) is 2.88. The number of hydrogen-bond donors (Lipinski definition) is 1. The van der Waals surface area contributed by atoms with E-state index in [1.54, 1.807) is 0 Å². The van der Waals surface area contributed by atoms with Crippen LogP contribution in [0.4, 0.5) is 5.82 Å². The largest absolute Gasteiger partial charge is 0.453 e. The minimum absolute atomic E-state index is 0.512. The third-order valence-electron chi connectivity index (χ3n) is 4.19. The maximum absolute atomic E-state index is 5.97. The number of nitrogens with zero attached hydrogens (tertiary/aromatic N) is 2. The lowest BCUT2D eigenvalue weighted by Crippen LogP contribution is -2.03. The van der Waals surface area contributed by atoms with Gasteiger partial charge in [-0.2, -0.15) is 0 Å². The van der Waals surface area contributed by atoms with Gasteiger partial charge in [-0.15, -0.1) is 0 Å². The van der Waals surface area contributed by atoms with Crippen LogP contribution in [0.3, 0.4) is 0 Å². The first-order chi connectivity index (χ1) is 10.3. The molecule has 3 aromatic rings. The summed E-state index contributed by atoms with van der Waals surface area (Å²) in [4.78, 5) is 9.04. The zero-order chi connectivity index (χ0) is 14.2. The van der Waals surface area contributed by atoms with Gasteiger partial charge in [0.2, 0.25) is 0 Å². The van der Waals surface area contributed by atoms with Crippen LogP contribution in [-0.4, -0.2) is 9.97 Å². The molecule has 0 unspecified atom stereocenters. The summed E-state index contributed by atoms with van der Waals surface area (Å²) in [5.41, 5.74) is 7.87. The molecule has 0 aliphatic heterocycles. The summed E-state index contributed by atoms with van der Waals surface area (Å²) >= 11 is 0. The highest BCUT2D eigenvalue weighted by Crippen LogP contribution is 2.35. The molecule has 1 aromatic carbocycles. The quantitative estimate of drug-likeness (QED) is 0.766. The van der Waals surface area contributed by atoms with Crippen molar-refractivity contribution in [2.45, 2.75) is 31.6 Å². The Morgan fingerprint density at radius 3 is 2.67 bits per heavy atom. The number of fused-ring (bicyclic) bond motifs is 1. The van der Waals surface area contributed by atoms with Crippen LogP contribution in [0.25, 0.3) is 22.6 Å². The molecule has 0 saturated heterocycles. The summed E-state index contributed by atoms with van der Waals surface area (Å²) in [5.74, 6) is 2.30. The molecule has 1 saturated carbocycles. The van der Waals surface area contributed by atoms with Gasteiger partial charge >= 0.3 is 0 Å². The van der Waals surface area contributed by atoms with Crippen LogP contribution in [0.5, 0.6) is 0 Å². The van der Waals surface area contributed by atoms with Gasteiger partial charge in [-0.3, -0.25) is 0 Å². The number of aromatic nitrogens is 2. The first kappa shape index (κ1) is 12.4. The van der Waals surface area contributed by atoms with Crippen LogP contribution in [0.1, 0.15) is 37.3 Å². The first-order valence-corrected chi connectivity index (χ1v) is 7.43. The van der Waals surface area contributed by atoms with Crippen molar-refractivity contribution in [2.75, 3.05) is 5.73 Å². The normalized spacial score (nSPS) is 15.8. The number of nitrogens with two attached hydrogens (primary N) is 1. The molecule has 0 atom stereocenters. The van der Waals surface area contributed by atoms with Crippen molar-refractivity contribution in [3.05, 3.63) is 42.1 Å². The Morgan fingerprint density at radius 1 is 1.05 bits per heavy atom. The number of anilines is 1. The van der Waals surface area contributed by atoms with E-state index in [9.17, 15) is 0 Å². The number of nitrogen functional groups attached to an aromatic ring is 1. The predicted octanol–water partition coefficient (Wildman–Crippen LogP) is 4.13. The third-order valence-corrected chi connectivity index (χ3v) is 4.19. The summed E-state index contributed by atoms with van der Waals surface area (Å²) in [7, 11) is 0. The molecule has 2 heterocycles. The molecule has 4 nitrogen and oxygen atoms in total. The molecular formula is C17H17N3O. The first-order valence-electron chi connectivity index (χ1n) is 7.43. The molecule has 1 fully saturated rings. The molecule has 0 spiro atoms. The summed E-state index contributed by atoms with van der Waals surface area (Å²) in [6, 6.07) is 11.8. The van der Waals surface area contributed by atoms with E-state index < -0.39 is 0 Å². The Morgan fingerprint density at radius 2 is 1.86 bits per heavy atom. The van der Waals surface area contributed by atoms with E-state index in [1.165, 1.54) is 25.7 Å². The fraction of sp³-hybridized carbons (Fsp3) is 0.294. The molecular weight excluding hydrogens is 262 g/mol. The lowest BCUT2D eigenvalue weighted by atomic mass is 10.0. The molecule has 106 valence electrons. The van der Waals surface area contributed by atoms with Gasteiger partial charge in [-0.1, -0.05) is 31.0 Å². The second-order valence-electron chi connectivity index (χ2n) is 5.67. The minimum atomic E-state index is 0.512. The van der Waals surface area contributed by atoms with Crippen LogP contribution in [0.15, 0.2) is 40.8 Å². The van der Waals surface area contributed by atoms with E-state index in [2.05, 4.69) is 4.98 Å². The molecule has 1 aliphatic carbocycles. The Hall–Kier alpha value is -2.36. The summed E-state index contributed by atoms with van der Waals surface area (Å²) in [6.45, 7) is 0. The smallest absolute Gasteiger partial charge is 0.197 e. The summed E-state index contributed by atoms with van der Waals surface area (Å²) in [6.07, 6.45) is 4.93. The maximum Gasteiger partial charge on any atom is 0.197 e. The molecule has 2 aromatic heterocycles. The van der Waals surface area contributed by atoms with E-state index >= 15 is 0 Å². The van der Waals surface area contributed by atoms with E-state index in [1.807, 2.05) is 36.4 Å². The van der Waals surface area contributed by atoms with Crippen molar-refractivity contribution in [3.63, 3.8) is 0 Å². The third kappa shape index (κ3) is 2.27. The van der Waals surface area contributed by atoms with Crippen LogP contribution in [0, 0.1) is 0 Å². The molecule has 1 aliphatic rings. The lowest BCUT2D eigenvalue weighted by molar-refractivity contribution is 0.621. The molecule has 0 amide bonds. The predicted molar refractivity (Wildman–Crippen MR) is 82.9 cm³/mol. The van der Waals surface area contributed by atoms with E-state index in [0.717, 1.165) is 16.7 Å². The highest BCUT2D eigenvalue weighted by Gasteiger charge is 2.20. The average molecular weight is 279 g/mol. The van der Waals surface area contributed by atoms with Gasteiger partial charge in [0, 0.05) is 23.1 Å². The maximum atomic E-state index is 5.97. The fourth-order valence-electron chi connectivity index (χ4n) is 3.12. The summed E-state index contributed by atoms with van der Waals surface area (Å²) < 4.78 is 5.85. The van der Waals surface area contributed by atoms with Crippen molar-refractivity contribution in [1.82, 2.24) is 9.97 Å². The monoisotopic (exact) mass is 279 g/mol. The Balaban J connectivity index is 1.79. The number of furan rings is 1. The second-order valence-corrected chi connectivity index (χ2v) is 5.67. The van der Waals surface area contributed by atoms with Crippen molar-refractivity contribution in [1.29, 1.82) is 0 Å². The molecule has 4 rings (SSSR count). The topological polar surface area (TPSA) is 64.9 Å². The van der Waals surface area contributed by atoms with Gasteiger partial charge in [0.15, 0.2) is 11.6 Å². The van der Waals surface area contributed by atoms with Crippen molar-refractivity contribution >= 4 is 16.8 Å². The zero-order valence-electron chi connectivity index (χ0n) is 11.7. The molecule has 21 heavy (non-hydrogen) atoms. The van der Waals surface area contributed by atoms with Gasteiger partial charge in [0.1, 0.15) is 11.4 Å². The van der Waals surface area contributed by atoms with Gasteiger partial charge in [-0.05, 0) is 25.0 Å².